The molecule has 2 N–H and O–H groups in total. The number of carbonyl (C=O) groups is 2. The summed E-state index contributed by atoms with van der Waals surface area (Å²) in [6.07, 6.45) is 5.26. The zero-order valence-corrected chi connectivity index (χ0v) is 20.8. The molecule has 0 atom stereocenters. The topological polar surface area (TPSA) is 132 Å². The van der Waals surface area contributed by atoms with E-state index in [0.717, 1.165) is 22.4 Å². The summed E-state index contributed by atoms with van der Waals surface area (Å²) in [6, 6.07) is 10.9. The van der Waals surface area contributed by atoms with Gasteiger partial charge in [-0.15, -0.1) is 0 Å². The predicted molar refractivity (Wildman–Crippen MR) is 139 cm³/mol. The number of pyridine rings is 2. The molecule has 0 unspecified atom stereocenters. The van der Waals surface area contributed by atoms with Crippen LogP contribution in [-0.2, 0) is 13.5 Å². The Bertz CT molecular complexity index is 1570. The fourth-order valence-electron chi connectivity index (χ4n) is 4.69. The van der Waals surface area contributed by atoms with Crippen molar-refractivity contribution in [2.75, 3.05) is 22.9 Å². The van der Waals surface area contributed by atoms with E-state index in [-0.39, 0.29) is 17.3 Å². The number of carbonyl (C=O) groups excluding carboxylic acids is 2. The van der Waals surface area contributed by atoms with Crippen molar-refractivity contribution in [3.05, 3.63) is 82.4 Å². The Morgan fingerprint density at radius 1 is 1.03 bits per heavy atom. The van der Waals surface area contributed by atoms with Gasteiger partial charge in [0.1, 0.15) is 11.6 Å². The predicted octanol–water partition coefficient (Wildman–Crippen LogP) is 2.44. The first kappa shape index (κ1) is 23.9. The first-order valence-electron chi connectivity index (χ1n) is 11.9. The van der Waals surface area contributed by atoms with Crippen molar-refractivity contribution in [2.24, 2.45) is 12.8 Å². The van der Waals surface area contributed by atoms with Gasteiger partial charge in [0, 0.05) is 38.1 Å². The average Bonchev–Trinajstić information content (AvgIpc) is 3.41. The zero-order valence-electron chi connectivity index (χ0n) is 20.8. The Kier molecular flexibility index (Phi) is 6.04. The molecule has 3 amide bonds. The van der Waals surface area contributed by atoms with Gasteiger partial charge in [-0.05, 0) is 48.7 Å². The molecule has 0 aliphatic carbocycles. The van der Waals surface area contributed by atoms with Crippen molar-refractivity contribution < 1.29 is 9.59 Å². The highest BCUT2D eigenvalue weighted by Crippen LogP contribution is 2.33. The van der Waals surface area contributed by atoms with E-state index in [9.17, 15) is 14.4 Å². The second-order valence-electron chi connectivity index (χ2n) is 8.73. The maximum absolute atomic E-state index is 13.4. The van der Waals surface area contributed by atoms with Crippen LogP contribution in [0.3, 0.4) is 0 Å². The number of benzene rings is 1. The van der Waals surface area contributed by atoms with Crippen molar-refractivity contribution in [1.29, 1.82) is 0 Å². The summed E-state index contributed by atoms with van der Waals surface area (Å²) >= 11 is 0. The molecule has 4 heterocycles. The number of rotatable bonds is 6. The molecule has 1 aliphatic heterocycles. The highest BCUT2D eigenvalue weighted by Gasteiger charge is 2.33. The molecule has 0 saturated carbocycles. The Balaban J connectivity index is 1.47. The molecule has 11 nitrogen and oxygen atoms in total. The lowest BCUT2D eigenvalue weighted by Gasteiger charge is -2.21. The molecule has 0 spiro atoms. The number of urea groups is 1. The van der Waals surface area contributed by atoms with Crippen molar-refractivity contribution in [1.82, 2.24) is 24.3 Å². The fourth-order valence-corrected chi connectivity index (χ4v) is 4.69. The first-order valence-corrected chi connectivity index (χ1v) is 11.9. The van der Waals surface area contributed by atoms with E-state index in [1.165, 1.54) is 17.1 Å². The number of primary amides is 1. The van der Waals surface area contributed by atoms with E-state index < -0.39 is 5.91 Å². The molecule has 11 heteroatoms. The minimum atomic E-state index is -0.602. The van der Waals surface area contributed by atoms with Crippen LogP contribution in [0.15, 0.2) is 59.8 Å². The summed E-state index contributed by atoms with van der Waals surface area (Å²) in [4.78, 5) is 49.2. The van der Waals surface area contributed by atoms with Crippen LogP contribution in [0.25, 0.3) is 16.8 Å². The lowest BCUT2D eigenvalue weighted by molar-refractivity contribution is 0.1000. The molecule has 1 aliphatic rings. The summed E-state index contributed by atoms with van der Waals surface area (Å²) in [6.45, 7) is 4.67. The summed E-state index contributed by atoms with van der Waals surface area (Å²) < 4.78 is 2.87. The summed E-state index contributed by atoms with van der Waals surface area (Å²) in [5.74, 6) is 0.597. The normalized spacial score (nSPS) is 13.4. The summed E-state index contributed by atoms with van der Waals surface area (Å²) in [5, 5.41) is 4.19. The minimum Gasteiger partial charge on any atom is -0.366 e. The van der Waals surface area contributed by atoms with E-state index in [0.29, 0.717) is 36.8 Å². The zero-order chi connectivity index (χ0) is 26.3. The van der Waals surface area contributed by atoms with Gasteiger partial charge in [0.25, 0.3) is 0 Å². The van der Waals surface area contributed by atoms with Crippen LogP contribution >= 0.6 is 0 Å². The minimum absolute atomic E-state index is 0.209. The molecule has 5 rings (SSSR count). The highest BCUT2D eigenvalue weighted by atomic mass is 16.2. The number of hydrogen-bond acceptors (Lipinski definition) is 6. The number of aromatic nitrogens is 5. The third-order valence-corrected chi connectivity index (χ3v) is 6.49. The van der Waals surface area contributed by atoms with Crippen LogP contribution in [0.2, 0.25) is 0 Å². The molecular formula is C26H26N8O3. The number of aryl methyl sites for hydroxylation is 2. The van der Waals surface area contributed by atoms with Crippen LogP contribution < -0.4 is 21.2 Å². The number of anilines is 2. The maximum atomic E-state index is 13.4. The molecule has 0 radical (unpaired) electrons. The molecule has 1 saturated heterocycles. The number of hydrogen-bond donors (Lipinski definition) is 1. The Labute approximate surface area is 212 Å². The highest BCUT2D eigenvalue weighted by molar-refractivity contribution is 6.07. The third-order valence-electron chi connectivity index (χ3n) is 6.49. The number of amides is 3. The number of nitrogens with two attached hydrogens (primary N) is 1. The smallest absolute Gasteiger partial charge is 0.350 e. The summed E-state index contributed by atoms with van der Waals surface area (Å²) in [5.41, 5.74) is 9.48. The average molecular weight is 499 g/mol. The van der Waals surface area contributed by atoms with Crippen molar-refractivity contribution >= 4 is 23.4 Å². The standard InChI is InChI=1S/C26H26N8O3/c1-4-21-22(17-5-7-19(8-6-17)34-16(2)30-31(3)25(34)36)9-10-29-24(21)33-12-11-32(26(33)37)20-13-18(23(27)35)14-28-15-20/h5-10,13-15H,4,11-12H2,1-3H3,(H2,27,35). The molecule has 3 aromatic heterocycles. The molecule has 0 bridgehead atoms. The largest absolute Gasteiger partial charge is 0.366 e. The van der Waals surface area contributed by atoms with E-state index in [1.807, 2.05) is 37.3 Å². The Hall–Kier alpha value is -4.80. The van der Waals surface area contributed by atoms with Crippen LogP contribution in [0.5, 0.6) is 0 Å². The maximum Gasteiger partial charge on any atom is 0.350 e. The van der Waals surface area contributed by atoms with E-state index in [1.54, 1.807) is 40.6 Å². The van der Waals surface area contributed by atoms with Crippen LogP contribution in [0, 0.1) is 6.92 Å². The quantitative estimate of drug-likeness (QED) is 0.434. The Morgan fingerprint density at radius 2 is 1.76 bits per heavy atom. The molecular weight excluding hydrogens is 472 g/mol. The van der Waals surface area contributed by atoms with Gasteiger partial charge < -0.3 is 5.73 Å². The second kappa shape index (κ2) is 9.34. The first-order chi connectivity index (χ1) is 17.8. The van der Waals surface area contributed by atoms with E-state index in [4.69, 9.17) is 5.73 Å². The number of nitrogens with zero attached hydrogens (tertiary/aromatic N) is 7. The van der Waals surface area contributed by atoms with Gasteiger partial charge in [-0.25, -0.2) is 23.8 Å². The van der Waals surface area contributed by atoms with Crippen LogP contribution in [-0.4, -0.2) is 49.3 Å². The second-order valence-corrected chi connectivity index (χ2v) is 8.73. The lowest BCUT2D eigenvalue weighted by atomic mass is 9.98. The van der Waals surface area contributed by atoms with Crippen molar-refractivity contribution in [3.63, 3.8) is 0 Å². The molecule has 37 heavy (non-hydrogen) atoms. The van der Waals surface area contributed by atoms with Gasteiger partial charge in [0.2, 0.25) is 5.91 Å². The van der Waals surface area contributed by atoms with Gasteiger partial charge in [-0.2, -0.15) is 5.10 Å². The van der Waals surface area contributed by atoms with Crippen LogP contribution in [0.1, 0.15) is 28.7 Å². The van der Waals surface area contributed by atoms with Gasteiger partial charge in [-0.3, -0.25) is 19.6 Å². The molecule has 4 aromatic rings. The van der Waals surface area contributed by atoms with E-state index >= 15 is 0 Å². The van der Waals surface area contributed by atoms with Crippen LogP contribution in [0.4, 0.5) is 16.3 Å². The SMILES string of the molecule is CCc1c(-c2ccc(-n3c(C)nn(C)c3=O)cc2)ccnc1N1CCN(c2cncc(C(N)=O)c2)C1=O. The summed E-state index contributed by atoms with van der Waals surface area (Å²) in [7, 11) is 1.62. The van der Waals surface area contributed by atoms with Crippen molar-refractivity contribution in [2.45, 2.75) is 20.3 Å². The van der Waals surface area contributed by atoms with E-state index in [2.05, 4.69) is 15.1 Å². The third kappa shape index (κ3) is 4.14. The van der Waals surface area contributed by atoms with Gasteiger partial charge in [-0.1, -0.05) is 19.1 Å². The molecule has 1 aromatic carbocycles. The molecule has 188 valence electrons. The van der Waals surface area contributed by atoms with Gasteiger partial charge in [0.05, 0.1) is 23.1 Å². The van der Waals surface area contributed by atoms with Gasteiger partial charge >= 0.3 is 11.7 Å². The molecule has 1 fully saturated rings. The monoisotopic (exact) mass is 498 g/mol. The van der Waals surface area contributed by atoms with Gasteiger partial charge in [0.15, 0.2) is 0 Å². The lowest BCUT2D eigenvalue weighted by Crippen LogP contribution is -2.33. The van der Waals surface area contributed by atoms with Crippen molar-refractivity contribution in [3.8, 4) is 16.8 Å². The Morgan fingerprint density at radius 3 is 2.41 bits per heavy atom. The fraction of sp³-hybridized carbons (Fsp3) is 0.231.